The van der Waals surface area contributed by atoms with Crippen molar-refractivity contribution in [3.63, 3.8) is 0 Å². The van der Waals surface area contributed by atoms with Gasteiger partial charge in [-0.15, -0.1) is 23.1 Å². The molecule has 0 fully saturated rings. The topological polar surface area (TPSA) is 65.6 Å². The highest BCUT2D eigenvalue weighted by Crippen LogP contribution is 2.57. The first kappa shape index (κ1) is 22.1. The number of thiophene rings is 1. The van der Waals surface area contributed by atoms with Gasteiger partial charge in [0.1, 0.15) is 11.5 Å². The van der Waals surface area contributed by atoms with Crippen molar-refractivity contribution in [3.8, 4) is 22.6 Å². The molecule has 1 atom stereocenters. The van der Waals surface area contributed by atoms with Crippen molar-refractivity contribution in [3.05, 3.63) is 94.9 Å². The van der Waals surface area contributed by atoms with Crippen LogP contribution in [0, 0.1) is 13.8 Å². The fourth-order valence-electron chi connectivity index (χ4n) is 6.27. The van der Waals surface area contributed by atoms with Gasteiger partial charge in [-0.3, -0.25) is 0 Å². The molecular weight excluding hydrogens is 510 g/mol. The molecule has 0 bridgehead atoms. The van der Waals surface area contributed by atoms with Crippen LogP contribution in [0.4, 0.5) is 0 Å². The Morgan fingerprint density at radius 2 is 1.71 bits per heavy atom. The van der Waals surface area contributed by atoms with Gasteiger partial charge in [0.25, 0.3) is 0 Å². The minimum absolute atomic E-state index is 0.00551. The van der Waals surface area contributed by atoms with E-state index in [1.807, 2.05) is 25.2 Å². The number of fused-ring (bicyclic) bond motifs is 8. The first-order valence-electron chi connectivity index (χ1n) is 12.6. The van der Waals surface area contributed by atoms with Crippen molar-refractivity contribution in [2.24, 2.45) is 0 Å². The van der Waals surface area contributed by atoms with Crippen LogP contribution in [0.3, 0.4) is 0 Å². The van der Waals surface area contributed by atoms with E-state index < -0.39 is 0 Å². The van der Waals surface area contributed by atoms with Crippen molar-refractivity contribution < 1.29 is 15.3 Å². The molecule has 38 heavy (non-hydrogen) atoms. The van der Waals surface area contributed by atoms with Gasteiger partial charge >= 0.3 is 0 Å². The molecule has 2 aliphatic rings. The average Bonchev–Trinajstić information content (AvgIpc) is 3.48. The number of benzene rings is 4. The van der Waals surface area contributed by atoms with E-state index in [4.69, 9.17) is 0 Å². The van der Waals surface area contributed by atoms with Gasteiger partial charge in [0.05, 0.1) is 22.0 Å². The molecule has 6 heteroatoms. The number of phenols is 1. The van der Waals surface area contributed by atoms with Gasteiger partial charge in [-0.25, -0.2) is 0 Å². The minimum Gasteiger partial charge on any atom is -0.508 e. The summed E-state index contributed by atoms with van der Waals surface area (Å²) in [6, 6.07) is 23.4. The second-order valence-electron chi connectivity index (χ2n) is 10.2. The number of nitrogens with zero attached hydrogens (tertiary/aromatic N) is 1. The summed E-state index contributed by atoms with van der Waals surface area (Å²) in [4.78, 5) is 1.09. The fraction of sp³-hybridized carbons (Fsp3) is 0.125. The molecule has 1 aliphatic carbocycles. The van der Waals surface area contributed by atoms with Crippen LogP contribution in [0.25, 0.3) is 53.6 Å². The van der Waals surface area contributed by atoms with Crippen molar-refractivity contribution >= 4 is 59.9 Å². The highest BCUT2D eigenvalue weighted by atomic mass is 32.2. The second-order valence-corrected chi connectivity index (χ2v) is 12.5. The minimum atomic E-state index is -0.0802. The first-order chi connectivity index (χ1) is 18.4. The molecule has 6 aromatic rings. The molecule has 0 radical (unpaired) electrons. The van der Waals surface area contributed by atoms with E-state index in [-0.39, 0.29) is 22.5 Å². The molecule has 0 saturated carbocycles. The molecule has 1 unspecified atom stereocenters. The maximum Gasteiger partial charge on any atom is 0.162 e. The summed E-state index contributed by atoms with van der Waals surface area (Å²) >= 11 is 3.52. The van der Waals surface area contributed by atoms with Crippen LogP contribution in [-0.2, 0) is 0 Å². The maximum absolute atomic E-state index is 11.2. The summed E-state index contributed by atoms with van der Waals surface area (Å²) in [6.07, 6.45) is 0.348. The lowest BCUT2D eigenvalue weighted by Crippen LogP contribution is -2.16. The SMILES string of the molecule is Cc1cc(O)c2c(c1C)c1c3n2-c2cc(-c4cccc5c4sc4ccccc45)ccc2SC3CC(O)=C1O. The Labute approximate surface area is 227 Å². The number of aliphatic hydroxyl groups is 2. The lowest BCUT2D eigenvalue weighted by Gasteiger charge is -2.31. The number of aliphatic hydroxyl groups excluding tert-OH is 2. The summed E-state index contributed by atoms with van der Waals surface area (Å²) in [5.74, 6) is 0.104. The van der Waals surface area contributed by atoms with Crippen LogP contribution < -0.4 is 0 Å². The van der Waals surface area contributed by atoms with Gasteiger partial charge in [-0.2, -0.15) is 0 Å². The van der Waals surface area contributed by atoms with E-state index in [0.29, 0.717) is 17.5 Å². The van der Waals surface area contributed by atoms with Gasteiger partial charge in [-0.05, 0) is 60.4 Å². The Bertz CT molecular complexity index is 2050. The van der Waals surface area contributed by atoms with E-state index in [2.05, 4.69) is 65.2 Å². The van der Waals surface area contributed by atoms with E-state index in [9.17, 15) is 15.3 Å². The van der Waals surface area contributed by atoms with E-state index >= 15 is 0 Å². The summed E-state index contributed by atoms with van der Waals surface area (Å²) < 4.78 is 4.66. The molecule has 3 N–H and O–H groups in total. The summed E-state index contributed by atoms with van der Waals surface area (Å²) in [5, 5.41) is 36.3. The lowest BCUT2D eigenvalue weighted by atomic mass is 9.94. The summed E-state index contributed by atoms with van der Waals surface area (Å²) in [5.41, 5.74) is 7.48. The van der Waals surface area contributed by atoms with E-state index in [1.165, 1.54) is 25.7 Å². The van der Waals surface area contributed by atoms with Crippen LogP contribution in [0.15, 0.2) is 77.4 Å². The number of hydrogen-bond acceptors (Lipinski definition) is 5. The Balaban J connectivity index is 1.45. The number of hydrogen-bond donors (Lipinski definition) is 3. The number of phenolic OH excluding ortho intramolecular Hbond substituents is 1. The normalized spacial score (nSPS) is 16.4. The number of rotatable bonds is 1. The van der Waals surface area contributed by atoms with Gasteiger partial charge < -0.3 is 19.9 Å². The third kappa shape index (κ3) is 2.76. The van der Waals surface area contributed by atoms with Gasteiger partial charge in [0, 0.05) is 42.6 Å². The van der Waals surface area contributed by atoms with Gasteiger partial charge in [0.2, 0.25) is 0 Å². The zero-order valence-corrected chi connectivity index (χ0v) is 22.4. The van der Waals surface area contributed by atoms with Crippen LogP contribution in [0.1, 0.15) is 34.1 Å². The zero-order chi connectivity index (χ0) is 25.9. The van der Waals surface area contributed by atoms with Crippen LogP contribution in [0.2, 0.25) is 0 Å². The largest absolute Gasteiger partial charge is 0.508 e. The van der Waals surface area contributed by atoms with Crippen molar-refractivity contribution in [2.45, 2.75) is 30.4 Å². The molecule has 4 nitrogen and oxygen atoms in total. The van der Waals surface area contributed by atoms with Crippen molar-refractivity contribution in [1.29, 1.82) is 0 Å². The Morgan fingerprint density at radius 3 is 2.58 bits per heavy atom. The van der Waals surface area contributed by atoms with E-state index in [1.54, 1.807) is 17.8 Å². The lowest BCUT2D eigenvalue weighted by molar-refractivity contribution is 0.354. The van der Waals surface area contributed by atoms with Crippen molar-refractivity contribution in [1.82, 2.24) is 4.57 Å². The Hall–Kier alpha value is -3.87. The molecular formula is C32H23NO3S2. The molecule has 186 valence electrons. The average molecular weight is 534 g/mol. The number of thioether (sulfide) groups is 1. The monoisotopic (exact) mass is 533 g/mol. The van der Waals surface area contributed by atoms with Crippen LogP contribution in [0.5, 0.6) is 5.75 Å². The third-order valence-corrected chi connectivity index (χ3v) is 10.6. The smallest absolute Gasteiger partial charge is 0.162 e. The fourth-order valence-corrected chi connectivity index (χ4v) is 8.81. The molecule has 8 rings (SSSR count). The molecule has 0 amide bonds. The summed E-state index contributed by atoms with van der Waals surface area (Å²) in [6.45, 7) is 3.98. The molecule has 4 aromatic carbocycles. The second kappa shape index (κ2) is 7.59. The number of allylic oxidation sites excluding steroid dienone is 1. The highest BCUT2D eigenvalue weighted by molar-refractivity contribution is 7.99. The standard InChI is InChI=1S/C32H23NO3S2/c1-15-12-22(34)29-27(16(15)2)28-30-26(14-23(35)31(28)36)37-25-11-10-17(13-21(25)33(29)30)18-7-5-8-20-19-6-3-4-9-24(19)38-32(18)20/h3-13,26,34-36H,14H2,1-2H3. The van der Waals surface area contributed by atoms with Crippen molar-refractivity contribution in [2.75, 3.05) is 0 Å². The maximum atomic E-state index is 11.2. The van der Waals surface area contributed by atoms with Gasteiger partial charge in [0.15, 0.2) is 5.76 Å². The van der Waals surface area contributed by atoms with Crippen LogP contribution in [-0.4, -0.2) is 19.9 Å². The predicted molar refractivity (Wildman–Crippen MR) is 158 cm³/mol. The molecule has 2 aromatic heterocycles. The molecule has 1 aliphatic heterocycles. The Kier molecular flexibility index (Phi) is 4.42. The zero-order valence-electron chi connectivity index (χ0n) is 20.7. The van der Waals surface area contributed by atoms with E-state index in [0.717, 1.165) is 38.4 Å². The predicted octanol–water partition coefficient (Wildman–Crippen LogP) is 9.32. The number of aromatic hydroxyl groups is 1. The summed E-state index contributed by atoms with van der Waals surface area (Å²) in [7, 11) is 0. The highest BCUT2D eigenvalue weighted by Gasteiger charge is 2.39. The Morgan fingerprint density at radius 1 is 0.895 bits per heavy atom. The quantitative estimate of drug-likeness (QED) is 0.197. The van der Waals surface area contributed by atoms with Crippen LogP contribution >= 0.6 is 23.1 Å². The molecule has 0 saturated heterocycles. The number of aromatic nitrogens is 1. The molecule has 0 spiro atoms. The first-order valence-corrected chi connectivity index (χ1v) is 14.3. The number of aryl methyl sites for hydroxylation is 2. The molecule has 3 heterocycles. The van der Waals surface area contributed by atoms with Gasteiger partial charge in [-0.1, -0.05) is 42.5 Å². The third-order valence-electron chi connectivity index (χ3n) is 8.15.